The molecule has 2 heterocycles. The van der Waals surface area contributed by atoms with E-state index in [2.05, 4.69) is 9.97 Å². The van der Waals surface area contributed by atoms with Gasteiger partial charge in [0.1, 0.15) is 10.6 Å². The molecule has 0 spiro atoms. The van der Waals surface area contributed by atoms with Gasteiger partial charge in [-0.15, -0.1) is 11.3 Å². The molecule has 3 aromatic carbocycles. The summed E-state index contributed by atoms with van der Waals surface area (Å²) >= 11 is 1.11. The number of aliphatic hydroxyl groups is 2. The van der Waals surface area contributed by atoms with Crippen molar-refractivity contribution < 1.29 is 45.0 Å². The lowest BCUT2D eigenvalue weighted by molar-refractivity contribution is -0.376. The molecule has 0 saturated carbocycles. The van der Waals surface area contributed by atoms with Crippen molar-refractivity contribution in [3.63, 3.8) is 0 Å². The quantitative estimate of drug-likeness (QED) is 0.181. The Bertz CT molecular complexity index is 2000. The molecule has 0 radical (unpaired) electrons. The number of fused-ring (bicyclic) bond motifs is 1. The molecule has 0 atom stereocenters. The molecule has 5 aromatic rings. The van der Waals surface area contributed by atoms with E-state index in [0.29, 0.717) is 38.8 Å². The van der Waals surface area contributed by atoms with Crippen LogP contribution in [0.5, 0.6) is 0 Å². The second kappa shape index (κ2) is 10.9. The molecular weight excluding hydrogens is 642 g/mol. The van der Waals surface area contributed by atoms with Crippen LogP contribution in [0, 0.1) is 0 Å². The number of hydrogen-bond acceptors (Lipinski definition) is 7. The summed E-state index contributed by atoms with van der Waals surface area (Å²) in [5, 5.41) is 21.2. The highest BCUT2D eigenvalue weighted by atomic mass is 32.2. The topological polar surface area (TPSA) is 100 Å². The lowest BCUT2D eigenvalue weighted by Gasteiger charge is -2.33. The molecule has 2 N–H and O–H groups in total. The number of thiazole rings is 1. The summed E-state index contributed by atoms with van der Waals surface area (Å²) in [6.07, 6.45) is -9.77. The first kappa shape index (κ1) is 32.5. The third kappa shape index (κ3) is 5.94. The number of rotatable bonds is 6. The van der Waals surface area contributed by atoms with E-state index in [0.717, 1.165) is 17.6 Å². The zero-order valence-electron chi connectivity index (χ0n) is 23.7. The third-order valence-electron chi connectivity index (χ3n) is 7.09. The van der Waals surface area contributed by atoms with Crippen LogP contribution in [0.1, 0.15) is 24.4 Å². The minimum Gasteiger partial charge on any atom is -0.383 e. The number of sulfone groups is 1. The molecule has 14 heteroatoms. The van der Waals surface area contributed by atoms with Crippen molar-refractivity contribution >= 4 is 32.1 Å². The minimum absolute atomic E-state index is 0.0592. The molecule has 2 aromatic heterocycles. The van der Waals surface area contributed by atoms with Crippen molar-refractivity contribution in [1.82, 2.24) is 9.97 Å². The summed E-state index contributed by atoms with van der Waals surface area (Å²) in [5.41, 5.74) is -6.42. The van der Waals surface area contributed by atoms with Crippen molar-refractivity contribution in [3.8, 4) is 32.8 Å². The van der Waals surface area contributed by atoms with Crippen LogP contribution in [0.15, 0.2) is 83.9 Å². The van der Waals surface area contributed by atoms with Gasteiger partial charge in [0, 0.05) is 34.5 Å². The summed E-state index contributed by atoms with van der Waals surface area (Å²) in [7, 11) is -3.49. The molecule has 5 rings (SSSR count). The Balaban J connectivity index is 1.74. The van der Waals surface area contributed by atoms with Gasteiger partial charge in [0.2, 0.25) is 0 Å². The normalized spacial score (nSPS) is 13.4. The van der Waals surface area contributed by atoms with Crippen molar-refractivity contribution in [2.24, 2.45) is 0 Å². The van der Waals surface area contributed by atoms with Crippen molar-refractivity contribution in [2.45, 2.75) is 42.3 Å². The van der Waals surface area contributed by atoms with Gasteiger partial charge in [0.05, 0.1) is 21.0 Å². The van der Waals surface area contributed by atoms with Crippen molar-refractivity contribution in [1.29, 1.82) is 0 Å². The highest BCUT2D eigenvalue weighted by Gasteiger charge is 2.71. The van der Waals surface area contributed by atoms with Crippen LogP contribution in [0.3, 0.4) is 0 Å². The molecule has 6 nitrogen and oxygen atoms in total. The lowest BCUT2D eigenvalue weighted by Crippen LogP contribution is -2.53. The van der Waals surface area contributed by atoms with E-state index < -0.39 is 39.0 Å². The van der Waals surface area contributed by atoms with Gasteiger partial charge in [0.25, 0.3) is 5.60 Å². The van der Waals surface area contributed by atoms with Gasteiger partial charge in [-0.25, -0.2) is 13.4 Å². The molecule has 0 unspecified atom stereocenters. The van der Waals surface area contributed by atoms with Gasteiger partial charge in [-0.2, -0.15) is 26.3 Å². The van der Waals surface area contributed by atoms with E-state index in [1.54, 1.807) is 24.3 Å². The molecule has 0 aliphatic rings. The molecule has 45 heavy (non-hydrogen) atoms. The Morgan fingerprint density at radius 2 is 1.40 bits per heavy atom. The first-order valence-corrected chi connectivity index (χ1v) is 15.8. The van der Waals surface area contributed by atoms with Crippen LogP contribution >= 0.6 is 11.3 Å². The highest BCUT2D eigenvalue weighted by molar-refractivity contribution is 7.90. The van der Waals surface area contributed by atoms with Crippen LogP contribution in [0.4, 0.5) is 26.3 Å². The zero-order chi connectivity index (χ0) is 33.2. The summed E-state index contributed by atoms with van der Waals surface area (Å²) in [4.78, 5) is 9.37. The molecule has 0 saturated heterocycles. The van der Waals surface area contributed by atoms with Crippen molar-refractivity contribution in [3.05, 3.63) is 89.6 Å². The number of aromatic nitrogens is 2. The Morgan fingerprint density at radius 1 is 0.778 bits per heavy atom. The van der Waals surface area contributed by atoms with E-state index in [-0.39, 0.29) is 26.9 Å². The van der Waals surface area contributed by atoms with E-state index in [4.69, 9.17) is 0 Å². The summed E-state index contributed by atoms with van der Waals surface area (Å²) < 4.78 is 107. The molecule has 0 bridgehead atoms. The summed E-state index contributed by atoms with van der Waals surface area (Å²) in [6.45, 7) is 3.04. The highest BCUT2D eigenvalue weighted by Crippen LogP contribution is 2.51. The third-order valence-corrected chi connectivity index (χ3v) is 9.63. The van der Waals surface area contributed by atoms with Crippen LogP contribution in [0.25, 0.3) is 43.7 Å². The fraction of sp³-hybridized carbons (Fsp3) is 0.226. The van der Waals surface area contributed by atoms with E-state index in [1.165, 1.54) is 56.4 Å². The first-order valence-electron chi connectivity index (χ1n) is 13.1. The summed E-state index contributed by atoms with van der Waals surface area (Å²) in [6, 6.07) is 16.0. The number of benzene rings is 3. The summed E-state index contributed by atoms with van der Waals surface area (Å²) in [5.74, 6) is 0. The number of nitrogens with zero attached hydrogens (tertiary/aromatic N) is 2. The molecule has 0 aliphatic heterocycles. The Hall–Kier alpha value is -3.85. The Kier molecular flexibility index (Phi) is 7.88. The average Bonchev–Trinajstić information content (AvgIpc) is 3.41. The Labute approximate surface area is 257 Å². The predicted octanol–water partition coefficient (Wildman–Crippen LogP) is 7.64. The van der Waals surface area contributed by atoms with Crippen LogP contribution < -0.4 is 0 Å². The van der Waals surface area contributed by atoms with Gasteiger partial charge in [-0.05, 0) is 61.4 Å². The van der Waals surface area contributed by atoms with Crippen LogP contribution in [0.2, 0.25) is 0 Å². The predicted molar refractivity (Wildman–Crippen MR) is 158 cm³/mol. The molecule has 236 valence electrons. The van der Waals surface area contributed by atoms with Gasteiger partial charge >= 0.3 is 12.4 Å². The molecule has 0 fully saturated rings. The second-order valence-electron chi connectivity index (χ2n) is 10.9. The van der Waals surface area contributed by atoms with E-state index >= 15 is 0 Å². The van der Waals surface area contributed by atoms with E-state index in [9.17, 15) is 45.0 Å². The van der Waals surface area contributed by atoms with Gasteiger partial charge in [-0.1, -0.05) is 36.4 Å². The maximum Gasteiger partial charge on any atom is 0.430 e. The fourth-order valence-corrected chi connectivity index (χ4v) is 6.49. The number of pyridine rings is 1. The largest absolute Gasteiger partial charge is 0.430 e. The fourth-order valence-electron chi connectivity index (χ4n) is 4.77. The number of alkyl halides is 6. The minimum atomic E-state index is -6.09. The van der Waals surface area contributed by atoms with Gasteiger partial charge < -0.3 is 10.2 Å². The maximum absolute atomic E-state index is 13.9. The molecular formula is C31H24F6N2O4S2. The van der Waals surface area contributed by atoms with Crippen LogP contribution in [-0.2, 0) is 21.0 Å². The SMILES string of the molecule is CC(C)(O)c1nc(-c2ccc(S(C)(=O)=O)cc2)c(-c2cccc(-c3cc(C(O)(C(F)(F)F)C(F)(F)F)cc4cccnc34)c2)s1. The number of halogens is 6. The van der Waals surface area contributed by atoms with Crippen LogP contribution in [-0.4, -0.2) is 47.2 Å². The monoisotopic (exact) mass is 666 g/mol. The number of hydrogen-bond donors (Lipinski definition) is 2. The standard InChI is InChI=1S/C31H24F6N2O4S2/c1-28(2,40)27-39-25(17-9-11-22(12-10-17)45(3,42)43)26(44-27)20-7-4-6-18(14-20)23-16-21(15-19-8-5-13-38-24(19)23)29(41,30(32,33)34)31(35,36)37/h4-16,40-41H,1-3H3. The van der Waals surface area contributed by atoms with Gasteiger partial charge in [0.15, 0.2) is 9.84 Å². The first-order chi connectivity index (χ1) is 20.7. The average molecular weight is 667 g/mol. The molecule has 0 aliphatic carbocycles. The van der Waals surface area contributed by atoms with Gasteiger partial charge in [-0.3, -0.25) is 4.98 Å². The van der Waals surface area contributed by atoms with E-state index in [1.807, 2.05) is 0 Å². The lowest BCUT2D eigenvalue weighted by atomic mass is 9.87. The Morgan fingerprint density at radius 3 is 1.98 bits per heavy atom. The second-order valence-corrected chi connectivity index (χ2v) is 14.0. The van der Waals surface area contributed by atoms with Crippen molar-refractivity contribution in [2.75, 3.05) is 6.26 Å². The smallest absolute Gasteiger partial charge is 0.383 e. The maximum atomic E-state index is 13.9. The molecule has 0 amide bonds. The zero-order valence-corrected chi connectivity index (χ0v) is 25.3.